The molecular formula is C22H22N2O6S. The molecule has 8 nitrogen and oxygen atoms in total. The highest BCUT2D eigenvalue weighted by Crippen LogP contribution is 2.43. The highest BCUT2D eigenvalue weighted by Gasteiger charge is 2.43. The van der Waals surface area contributed by atoms with Crippen LogP contribution >= 0.6 is 0 Å². The predicted octanol–water partition coefficient (Wildman–Crippen LogP) is 3.52. The molecule has 0 spiro atoms. The van der Waals surface area contributed by atoms with Crippen LogP contribution in [0.4, 0.5) is 4.79 Å². The second-order valence-corrected chi connectivity index (χ2v) is 9.69. The Balaban J connectivity index is 1.60. The molecule has 1 aromatic heterocycles. The number of carbonyl (C=O) groups excluding carboxylic acids is 1. The molecule has 0 bridgehead atoms. The Hall–Kier alpha value is -3.20. The average Bonchev–Trinajstić information content (AvgIpc) is 3.23. The summed E-state index contributed by atoms with van der Waals surface area (Å²) in [5, 5.41) is 3.84. The van der Waals surface area contributed by atoms with E-state index in [9.17, 15) is 18.0 Å². The van der Waals surface area contributed by atoms with E-state index in [1.54, 1.807) is 36.4 Å². The van der Waals surface area contributed by atoms with Gasteiger partial charge >= 0.3 is 11.1 Å². The SMILES string of the molecule is C[C@H](c1n[nH]c(=O)o1)[C@@H]1Cc2ccccc2C(S(=O)(=O)C(=O)OCc2ccccc2)C1. The zero-order chi connectivity index (χ0) is 22.0. The second-order valence-electron chi connectivity index (χ2n) is 7.70. The third kappa shape index (κ3) is 4.32. The van der Waals surface area contributed by atoms with Crippen LogP contribution in [0.25, 0.3) is 0 Å². The molecule has 31 heavy (non-hydrogen) atoms. The van der Waals surface area contributed by atoms with Gasteiger partial charge in [0, 0.05) is 5.92 Å². The molecule has 4 rings (SSSR count). The summed E-state index contributed by atoms with van der Waals surface area (Å²) in [7, 11) is -4.27. The lowest BCUT2D eigenvalue weighted by Crippen LogP contribution is -2.31. The van der Waals surface area contributed by atoms with Crippen molar-refractivity contribution in [1.82, 2.24) is 10.2 Å². The molecular weight excluding hydrogens is 420 g/mol. The number of hydrogen-bond donors (Lipinski definition) is 1. The van der Waals surface area contributed by atoms with E-state index in [2.05, 4.69) is 10.2 Å². The molecule has 2 aromatic carbocycles. The first-order valence-electron chi connectivity index (χ1n) is 9.94. The van der Waals surface area contributed by atoms with Gasteiger partial charge in [0.25, 0.3) is 9.84 Å². The highest BCUT2D eigenvalue weighted by molar-refractivity contribution is 8.05. The standard InChI is InChI=1S/C22H22N2O6S/c1-14(20-23-24-21(25)30-20)17-11-16-9-5-6-10-18(16)19(12-17)31(27,28)22(26)29-13-15-7-3-2-4-8-15/h2-10,14,17,19H,11-13H2,1H3,(H,24,25)/t14-,17+,19?/m0/s1. The Bertz CT molecular complexity index is 1230. The summed E-state index contributed by atoms with van der Waals surface area (Å²) in [5.74, 6) is -0.947. The quantitative estimate of drug-likeness (QED) is 0.600. The van der Waals surface area contributed by atoms with Crippen molar-refractivity contribution in [2.75, 3.05) is 0 Å². The maximum Gasteiger partial charge on any atom is 0.434 e. The summed E-state index contributed by atoms with van der Waals surface area (Å²) in [6.45, 7) is 1.71. The van der Waals surface area contributed by atoms with Gasteiger partial charge < -0.3 is 9.15 Å². The van der Waals surface area contributed by atoms with E-state index in [4.69, 9.17) is 9.15 Å². The fourth-order valence-corrected chi connectivity index (χ4v) is 5.55. The van der Waals surface area contributed by atoms with Crippen LogP contribution in [-0.2, 0) is 27.6 Å². The Morgan fingerprint density at radius 2 is 1.90 bits per heavy atom. The van der Waals surface area contributed by atoms with Crippen LogP contribution in [0.2, 0.25) is 0 Å². The summed E-state index contributed by atoms with van der Waals surface area (Å²) in [5.41, 5.74) is 2.15. The molecule has 1 heterocycles. The van der Waals surface area contributed by atoms with Gasteiger partial charge in [-0.15, -0.1) is 5.10 Å². The Kier molecular flexibility index (Phi) is 5.77. The third-order valence-corrected chi connectivity index (χ3v) is 7.54. The predicted molar refractivity (Wildman–Crippen MR) is 112 cm³/mol. The molecule has 3 aromatic rings. The number of carbonyl (C=O) groups is 1. The van der Waals surface area contributed by atoms with Crippen molar-refractivity contribution < 1.29 is 22.4 Å². The van der Waals surface area contributed by atoms with Gasteiger partial charge in [-0.25, -0.2) is 23.1 Å². The van der Waals surface area contributed by atoms with Crippen molar-refractivity contribution in [2.24, 2.45) is 5.92 Å². The van der Waals surface area contributed by atoms with Gasteiger partial charge in [0.1, 0.15) is 6.61 Å². The van der Waals surface area contributed by atoms with Crippen LogP contribution < -0.4 is 5.76 Å². The number of aromatic amines is 1. The number of nitrogens with zero attached hydrogens (tertiary/aromatic N) is 1. The molecule has 0 radical (unpaired) electrons. The van der Waals surface area contributed by atoms with Crippen molar-refractivity contribution >= 4 is 15.1 Å². The molecule has 0 saturated carbocycles. The normalized spacial score (nSPS) is 19.4. The van der Waals surface area contributed by atoms with Crippen molar-refractivity contribution in [3.05, 3.63) is 87.7 Å². The van der Waals surface area contributed by atoms with Crippen LogP contribution in [0.3, 0.4) is 0 Å². The fourth-order valence-electron chi connectivity index (χ4n) is 4.03. The van der Waals surface area contributed by atoms with E-state index in [1.165, 1.54) is 0 Å². The lowest BCUT2D eigenvalue weighted by atomic mass is 9.77. The molecule has 0 saturated heterocycles. The lowest BCUT2D eigenvalue weighted by molar-refractivity contribution is 0.165. The summed E-state index contributed by atoms with van der Waals surface area (Å²) in [4.78, 5) is 23.9. The number of sulfone groups is 1. The number of rotatable bonds is 5. The van der Waals surface area contributed by atoms with Crippen molar-refractivity contribution in [3.63, 3.8) is 0 Å². The van der Waals surface area contributed by atoms with E-state index in [-0.39, 0.29) is 30.8 Å². The van der Waals surface area contributed by atoms with Crippen LogP contribution in [0.1, 0.15) is 47.1 Å². The van der Waals surface area contributed by atoms with E-state index >= 15 is 0 Å². The van der Waals surface area contributed by atoms with Gasteiger partial charge in [-0.2, -0.15) is 0 Å². The molecule has 3 atom stereocenters. The van der Waals surface area contributed by atoms with Gasteiger partial charge in [0.05, 0.1) is 5.25 Å². The molecule has 162 valence electrons. The number of hydrogen-bond acceptors (Lipinski definition) is 7. The first-order chi connectivity index (χ1) is 14.9. The molecule has 1 unspecified atom stereocenters. The highest BCUT2D eigenvalue weighted by atomic mass is 32.2. The van der Waals surface area contributed by atoms with Crippen LogP contribution in [-0.4, -0.2) is 23.9 Å². The zero-order valence-corrected chi connectivity index (χ0v) is 17.7. The minimum Gasteiger partial charge on any atom is -0.449 e. The van der Waals surface area contributed by atoms with Gasteiger partial charge in [0.2, 0.25) is 5.89 Å². The van der Waals surface area contributed by atoms with Crippen molar-refractivity contribution in [2.45, 2.75) is 37.5 Å². The molecule has 0 aliphatic heterocycles. The van der Waals surface area contributed by atoms with E-state index < -0.39 is 26.1 Å². The summed E-state index contributed by atoms with van der Waals surface area (Å²) in [6, 6.07) is 16.1. The largest absolute Gasteiger partial charge is 0.449 e. The topological polar surface area (TPSA) is 119 Å². The van der Waals surface area contributed by atoms with Gasteiger partial charge in [-0.1, -0.05) is 61.5 Å². The number of nitrogens with one attached hydrogen (secondary N) is 1. The molecule has 1 aliphatic carbocycles. The lowest BCUT2D eigenvalue weighted by Gasteiger charge is -2.32. The second kappa shape index (κ2) is 8.50. The van der Waals surface area contributed by atoms with Crippen LogP contribution in [0, 0.1) is 5.92 Å². The number of benzene rings is 2. The van der Waals surface area contributed by atoms with E-state index in [0.29, 0.717) is 17.5 Å². The molecule has 1 aliphatic rings. The number of ether oxygens (including phenoxy) is 1. The monoisotopic (exact) mass is 442 g/mol. The maximum atomic E-state index is 13.2. The molecule has 1 N–H and O–H groups in total. The maximum absolute atomic E-state index is 13.2. The number of H-pyrrole nitrogens is 1. The minimum absolute atomic E-state index is 0.120. The number of aromatic nitrogens is 2. The van der Waals surface area contributed by atoms with E-state index in [1.807, 2.05) is 25.1 Å². The van der Waals surface area contributed by atoms with Gasteiger partial charge in [-0.05, 0) is 35.4 Å². The smallest absolute Gasteiger partial charge is 0.434 e. The van der Waals surface area contributed by atoms with Crippen molar-refractivity contribution in [1.29, 1.82) is 0 Å². The van der Waals surface area contributed by atoms with Crippen molar-refractivity contribution in [3.8, 4) is 0 Å². The number of fused-ring (bicyclic) bond motifs is 1. The van der Waals surface area contributed by atoms with Gasteiger partial charge in [-0.3, -0.25) is 0 Å². The van der Waals surface area contributed by atoms with Crippen LogP contribution in [0.5, 0.6) is 0 Å². The Morgan fingerprint density at radius 3 is 2.61 bits per heavy atom. The minimum atomic E-state index is -4.27. The summed E-state index contributed by atoms with van der Waals surface area (Å²) in [6.07, 6.45) is 0.774. The van der Waals surface area contributed by atoms with Crippen LogP contribution in [0.15, 0.2) is 63.8 Å². The molecule has 0 amide bonds. The zero-order valence-electron chi connectivity index (χ0n) is 16.9. The molecule has 0 fully saturated rings. The fraction of sp³-hybridized carbons (Fsp3) is 0.318. The molecule has 9 heteroatoms. The Morgan fingerprint density at radius 1 is 1.19 bits per heavy atom. The summed E-state index contributed by atoms with van der Waals surface area (Å²) >= 11 is 0. The van der Waals surface area contributed by atoms with E-state index in [0.717, 1.165) is 5.56 Å². The first-order valence-corrected chi connectivity index (χ1v) is 11.5. The van der Waals surface area contributed by atoms with Gasteiger partial charge in [0.15, 0.2) is 0 Å². The Labute approximate surface area is 179 Å². The first kappa shape index (κ1) is 21.0. The average molecular weight is 442 g/mol. The third-order valence-electron chi connectivity index (χ3n) is 5.76. The summed E-state index contributed by atoms with van der Waals surface area (Å²) < 4.78 is 36.6.